The molecule has 0 aliphatic heterocycles. The first-order valence-corrected chi connectivity index (χ1v) is 4.82. The van der Waals surface area contributed by atoms with Crippen molar-refractivity contribution in [3.8, 4) is 0 Å². The lowest BCUT2D eigenvalue weighted by Crippen LogP contribution is -1.42. The van der Waals surface area contributed by atoms with Crippen LogP contribution in [0.2, 0.25) is 0 Å². The zero-order valence-electron chi connectivity index (χ0n) is 3.52. The molecule has 0 heterocycles. The van der Waals surface area contributed by atoms with Crippen molar-refractivity contribution in [2.24, 2.45) is 0 Å². The van der Waals surface area contributed by atoms with Crippen LogP contribution < -0.4 is 0 Å². The van der Waals surface area contributed by atoms with E-state index in [1.165, 1.54) is 0 Å². The summed E-state index contributed by atoms with van der Waals surface area (Å²) in [6.45, 7) is 0. The first-order chi connectivity index (χ1) is 2.27. The molecule has 0 spiro atoms. The minimum atomic E-state index is 0.344. The van der Waals surface area contributed by atoms with Crippen LogP contribution in [-0.2, 0) is 0 Å². The van der Waals surface area contributed by atoms with E-state index < -0.39 is 0 Å². The fourth-order valence-corrected chi connectivity index (χ4v) is 0. The Morgan fingerprint density at radius 2 is 2.00 bits per heavy atom. The summed E-state index contributed by atoms with van der Waals surface area (Å²) >= 11 is 0. The van der Waals surface area contributed by atoms with E-state index in [-0.39, 0.29) is 0 Å². The second-order valence-corrected chi connectivity index (χ2v) is 4.93. The third kappa shape index (κ3) is 4.57. The van der Waals surface area contributed by atoms with E-state index in [2.05, 4.69) is 18.4 Å². The van der Waals surface area contributed by atoms with E-state index in [0.29, 0.717) is 9.52 Å². The number of hydrogen-bond donors (Lipinski definition) is 0. The van der Waals surface area contributed by atoms with E-state index in [4.69, 9.17) is 0 Å². The minimum absolute atomic E-state index is 0.344. The van der Waals surface area contributed by atoms with Crippen molar-refractivity contribution in [1.29, 1.82) is 0 Å². The molecule has 2 heteroatoms. The van der Waals surface area contributed by atoms with Gasteiger partial charge in [-0.3, -0.25) is 0 Å². The smallest absolute Gasteiger partial charge is 0.00842 e. The predicted molar refractivity (Wildman–Crippen MR) is 34.2 cm³/mol. The Morgan fingerprint density at radius 3 is 2.00 bits per heavy atom. The normalized spacial score (nSPS) is 14.8. The molecule has 0 saturated heterocycles. The van der Waals surface area contributed by atoms with E-state index in [1.54, 1.807) is 10.8 Å². The molecule has 0 nitrogen and oxygen atoms in total. The molecule has 0 bridgehead atoms. The summed E-state index contributed by atoms with van der Waals surface area (Å²) in [4.78, 5) is 0. The summed E-state index contributed by atoms with van der Waals surface area (Å²) in [5.74, 6) is 3.75. The number of rotatable bonds is 1. The van der Waals surface area contributed by atoms with E-state index in [1.807, 2.05) is 0 Å². The lowest BCUT2D eigenvalue weighted by Gasteiger charge is -1.83. The molecule has 0 aliphatic rings. The fourth-order valence-electron chi connectivity index (χ4n) is 0. The minimum Gasteiger partial charge on any atom is -0.139 e. The highest BCUT2D eigenvalue weighted by Crippen LogP contribution is 2.18. The summed E-state index contributed by atoms with van der Waals surface area (Å²) in [5.41, 5.74) is 0. The summed E-state index contributed by atoms with van der Waals surface area (Å²) in [6.07, 6.45) is 4.17. The van der Waals surface area contributed by atoms with Crippen LogP contribution in [0.3, 0.4) is 0 Å². The molecule has 5 heavy (non-hydrogen) atoms. The van der Waals surface area contributed by atoms with Crippen molar-refractivity contribution < 1.29 is 0 Å². The van der Waals surface area contributed by atoms with E-state index in [9.17, 15) is 0 Å². The van der Waals surface area contributed by atoms with E-state index in [0.717, 1.165) is 0 Å². The quantitative estimate of drug-likeness (QED) is 0.363. The Kier molecular flexibility index (Phi) is 3.11. The van der Waals surface area contributed by atoms with Gasteiger partial charge < -0.3 is 0 Å². The van der Waals surface area contributed by atoms with E-state index >= 15 is 0 Å². The Morgan fingerprint density at radius 1 is 1.80 bits per heavy atom. The largest absolute Gasteiger partial charge is 0.139 e. The molecule has 0 aromatic heterocycles. The van der Waals surface area contributed by atoms with Gasteiger partial charge in [0.25, 0.3) is 0 Å². The van der Waals surface area contributed by atoms with Gasteiger partial charge in [0, 0.05) is 0 Å². The first-order valence-electron chi connectivity index (χ1n) is 1.27. The maximum Gasteiger partial charge on any atom is -0.00842 e. The van der Waals surface area contributed by atoms with Crippen LogP contribution in [-0.4, -0.2) is 18.4 Å². The van der Waals surface area contributed by atoms with Gasteiger partial charge in [-0.1, -0.05) is 5.87 Å². The van der Waals surface area contributed by atoms with Crippen molar-refractivity contribution >= 4 is 26.2 Å². The standard InChI is InChI=1S/C3H8S2/c1-4-5(2)3/h2H2,1,3H3. The van der Waals surface area contributed by atoms with Crippen LogP contribution in [0.15, 0.2) is 0 Å². The molecule has 1 unspecified atom stereocenters. The maximum atomic E-state index is 3.75. The second kappa shape index (κ2) is 2.79. The van der Waals surface area contributed by atoms with Gasteiger partial charge in [-0.05, 0) is 12.5 Å². The van der Waals surface area contributed by atoms with Crippen molar-refractivity contribution in [2.45, 2.75) is 0 Å². The molecular weight excluding hydrogens is 100 g/mol. The lowest BCUT2D eigenvalue weighted by molar-refractivity contribution is 2.50. The lowest BCUT2D eigenvalue weighted by atomic mass is 11.9. The van der Waals surface area contributed by atoms with Gasteiger partial charge in [-0.25, -0.2) is 0 Å². The van der Waals surface area contributed by atoms with Crippen LogP contribution in [0.25, 0.3) is 0 Å². The van der Waals surface area contributed by atoms with Crippen molar-refractivity contribution in [3.05, 3.63) is 0 Å². The molecule has 0 fully saturated rings. The van der Waals surface area contributed by atoms with Gasteiger partial charge in [-0.2, -0.15) is 0 Å². The van der Waals surface area contributed by atoms with Gasteiger partial charge in [0.15, 0.2) is 0 Å². The summed E-state index contributed by atoms with van der Waals surface area (Å²) in [6, 6.07) is 0. The average Bonchev–Trinajstić information content (AvgIpc) is 1.38. The SMILES string of the molecule is C=S(C)SC. The fraction of sp³-hybridized carbons (Fsp3) is 0.667. The first kappa shape index (κ1) is 5.57. The van der Waals surface area contributed by atoms with Crippen molar-refractivity contribution in [1.82, 2.24) is 0 Å². The van der Waals surface area contributed by atoms with Gasteiger partial charge in [0.1, 0.15) is 0 Å². The van der Waals surface area contributed by atoms with Crippen molar-refractivity contribution in [2.75, 3.05) is 12.5 Å². The highest BCUT2D eigenvalue weighted by molar-refractivity contribution is 8.82. The van der Waals surface area contributed by atoms with Crippen molar-refractivity contribution in [3.63, 3.8) is 0 Å². The molecule has 1 atom stereocenters. The summed E-state index contributed by atoms with van der Waals surface area (Å²) in [5, 5.41) is 0. The monoisotopic (exact) mass is 108 g/mol. The zero-order valence-corrected chi connectivity index (χ0v) is 5.16. The average molecular weight is 108 g/mol. The van der Waals surface area contributed by atoms with Gasteiger partial charge >= 0.3 is 0 Å². The van der Waals surface area contributed by atoms with Crippen LogP contribution in [0.1, 0.15) is 0 Å². The highest BCUT2D eigenvalue weighted by Gasteiger charge is 1.64. The topological polar surface area (TPSA) is 0 Å². The molecule has 0 saturated carbocycles. The second-order valence-electron chi connectivity index (χ2n) is 0.740. The van der Waals surface area contributed by atoms with Gasteiger partial charge in [0.2, 0.25) is 0 Å². The molecule has 0 aliphatic carbocycles. The Labute approximate surface area is 39.3 Å². The van der Waals surface area contributed by atoms with Crippen LogP contribution in [0, 0.1) is 0 Å². The third-order valence-corrected chi connectivity index (χ3v) is 2.56. The van der Waals surface area contributed by atoms with Crippen LogP contribution in [0.5, 0.6) is 0 Å². The Balaban J connectivity index is 2.85. The predicted octanol–water partition coefficient (Wildman–Crippen LogP) is 1.60. The third-order valence-electron chi connectivity index (χ3n) is 0.285. The van der Waals surface area contributed by atoms with Crippen LogP contribution in [0.4, 0.5) is 0 Å². The Bertz CT molecular complexity index is 40.2. The summed E-state index contributed by atoms with van der Waals surface area (Å²) in [7, 11) is 2.14. The Hall–Kier alpha value is 0.570. The molecular formula is C3H8S2. The van der Waals surface area contributed by atoms with Crippen LogP contribution >= 0.6 is 20.3 Å². The zero-order chi connectivity index (χ0) is 4.28. The van der Waals surface area contributed by atoms with Gasteiger partial charge in [0.05, 0.1) is 0 Å². The molecule has 0 radical (unpaired) electrons. The highest BCUT2D eigenvalue weighted by atomic mass is 33.1. The van der Waals surface area contributed by atoms with Gasteiger partial charge in [-0.15, -0.1) is 20.3 Å². The molecule has 0 amide bonds. The molecule has 0 aromatic carbocycles. The number of hydrogen-bond acceptors (Lipinski definition) is 1. The summed E-state index contributed by atoms with van der Waals surface area (Å²) < 4.78 is 0. The molecule has 32 valence electrons. The molecule has 0 N–H and O–H groups in total. The maximum absolute atomic E-state index is 3.75. The molecule has 0 rings (SSSR count). The molecule has 0 aromatic rings.